The largest absolute Gasteiger partial charge is 0.322 e. The molecule has 3 amide bonds. The summed E-state index contributed by atoms with van der Waals surface area (Å²) in [5, 5.41) is 5.77. The zero-order chi connectivity index (χ0) is 19.2. The van der Waals surface area contributed by atoms with Crippen molar-refractivity contribution in [1.82, 2.24) is 20.4 Å². The van der Waals surface area contributed by atoms with Crippen LogP contribution in [0.4, 0.5) is 0 Å². The third-order valence-electron chi connectivity index (χ3n) is 5.94. The average molecular weight is 370 g/mol. The van der Waals surface area contributed by atoms with Crippen LogP contribution in [0.15, 0.2) is 18.2 Å². The minimum atomic E-state index is -0.557. The van der Waals surface area contributed by atoms with Gasteiger partial charge in [-0.2, -0.15) is 0 Å². The van der Waals surface area contributed by atoms with E-state index in [1.165, 1.54) is 0 Å². The van der Waals surface area contributed by atoms with Gasteiger partial charge in [-0.25, -0.2) is 0 Å². The highest BCUT2D eigenvalue weighted by atomic mass is 16.2. The average Bonchev–Trinajstić information content (AvgIpc) is 2.93. The fraction of sp³-hybridized carbons (Fsp3) is 0.550. The van der Waals surface area contributed by atoms with Crippen molar-refractivity contribution >= 4 is 17.7 Å². The number of rotatable bonds is 3. The van der Waals surface area contributed by atoms with Crippen LogP contribution in [-0.2, 0) is 22.7 Å². The molecule has 3 aliphatic rings. The van der Waals surface area contributed by atoms with Crippen LogP contribution >= 0.6 is 0 Å². The van der Waals surface area contributed by atoms with E-state index in [0.717, 1.165) is 37.3 Å². The number of nitrogens with one attached hydrogen (secondary N) is 2. The summed E-state index contributed by atoms with van der Waals surface area (Å²) in [5.74, 6) is -0.738. The SMILES string of the molecule is CC1(C)CNCCN1Cc1ccc2c(c1)C(=O)N(C1CCC(=O)NC1=O)C2. The fourth-order valence-electron chi connectivity index (χ4n) is 4.24. The summed E-state index contributed by atoms with van der Waals surface area (Å²) in [6.07, 6.45) is 0.673. The molecule has 2 saturated heterocycles. The van der Waals surface area contributed by atoms with Crippen LogP contribution in [0.1, 0.15) is 48.2 Å². The molecule has 0 aliphatic carbocycles. The molecule has 3 heterocycles. The van der Waals surface area contributed by atoms with E-state index in [1.54, 1.807) is 4.90 Å². The molecule has 7 nitrogen and oxygen atoms in total. The maximum absolute atomic E-state index is 12.9. The number of fused-ring (bicyclic) bond motifs is 1. The predicted molar refractivity (Wildman–Crippen MR) is 99.8 cm³/mol. The topological polar surface area (TPSA) is 81.8 Å². The Labute approximate surface area is 159 Å². The number of hydrogen-bond acceptors (Lipinski definition) is 5. The monoisotopic (exact) mass is 370 g/mol. The first-order valence-corrected chi connectivity index (χ1v) is 9.57. The maximum Gasteiger partial charge on any atom is 0.255 e. The molecule has 1 atom stereocenters. The van der Waals surface area contributed by atoms with Crippen LogP contribution < -0.4 is 10.6 Å². The predicted octanol–water partition coefficient (Wildman–Crippen LogP) is 0.631. The molecule has 0 bridgehead atoms. The lowest BCUT2D eigenvalue weighted by atomic mass is 9.98. The third-order valence-corrected chi connectivity index (χ3v) is 5.94. The molecule has 1 aromatic rings. The van der Waals surface area contributed by atoms with Gasteiger partial charge in [-0.05, 0) is 37.5 Å². The number of hydrogen-bond donors (Lipinski definition) is 2. The van der Waals surface area contributed by atoms with Crippen molar-refractivity contribution in [3.05, 3.63) is 34.9 Å². The molecular formula is C20H26N4O3. The second-order valence-electron chi connectivity index (χ2n) is 8.30. The van der Waals surface area contributed by atoms with E-state index in [0.29, 0.717) is 18.5 Å². The number of amides is 3. The molecule has 7 heteroatoms. The Balaban J connectivity index is 1.51. The standard InChI is InChI=1S/C20H26N4O3/c1-20(2)12-21-7-8-23(20)10-13-3-4-14-11-24(19(27)15(14)9-13)16-5-6-17(25)22-18(16)26/h3-4,9,16,21H,5-8,10-12H2,1-2H3,(H,22,25,26). The van der Waals surface area contributed by atoms with Gasteiger partial charge in [0.1, 0.15) is 6.04 Å². The Morgan fingerprint density at radius 1 is 1.22 bits per heavy atom. The van der Waals surface area contributed by atoms with Crippen molar-refractivity contribution in [2.75, 3.05) is 19.6 Å². The summed E-state index contributed by atoms with van der Waals surface area (Å²) in [6.45, 7) is 8.56. The maximum atomic E-state index is 12.9. The summed E-state index contributed by atoms with van der Waals surface area (Å²) in [6, 6.07) is 5.50. The van der Waals surface area contributed by atoms with Gasteiger partial charge in [0.05, 0.1) is 0 Å². The number of nitrogens with zero attached hydrogens (tertiary/aromatic N) is 2. The van der Waals surface area contributed by atoms with Crippen LogP contribution in [0.25, 0.3) is 0 Å². The summed E-state index contributed by atoms with van der Waals surface area (Å²) < 4.78 is 0. The van der Waals surface area contributed by atoms with Gasteiger partial charge in [0, 0.05) is 50.2 Å². The van der Waals surface area contributed by atoms with Crippen molar-refractivity contribution in [2.45, 2.75) is 51.4 Å². The quantitative estimate of drug-likeness (QED) is 0.763. The van der Waals surface area contributed by atoms with Crippen LogP contribution in [0.3, 0.4) is 0 Å². The van der Waals surface area contributed by atoms with Crippen LogP contribution in [-0.4, -0.2) is 58.7 Å². The van der Waals surface area contributed by atoms with E-state index in [1.807, 2.05) is 12.1 Å². The van der Waals surface area contributed by atoms with Gasteiger partial charge in [0.25, 0.3) is 5.91 Å². The van der Waals surface area contributed by atoms with Gasteiger partial charge >= 0.3 is 0 Å². The van der Waals surface area contributed by atoms with Crippen molar-refractivity contribution in [3.8, 4) is 0 Å². The molecule has 0 saturated carbocycles. The van der Waals surface area contributed by atoms with Crippen LogP contribution in [0, 0.1) is 0 Å². The molecule has 3 aliphatic heterocycles. The second-order valence-corrected chi connectivity index (χ2v) is 8.30. The first-order valence-electron chi connectivity index (χ1n) is 9.57. The second kappa shape index (κ2) is 6.73. The minimum absolute atomic E-state index is 0.0695. The number of benzene rings is 1. The number of piperidine rings is 1. The van der Waals surface area contributed by atoms with Gasteiger partial charge in [-0.1, -0.05) is 12.1 Å². The molecule has 0 aromatic heterocycles. The lowest BCUT2D eigenvalue weighted by molar-refractivity contribution is -0.136. The molecule has 4 rings (SSSR count). The zero-order valence-electron chi connectivity index (χ0n) is 15.9. The molecule has 0 spiro atoms. The molecule has 0 radical (unpaired) electrons. The number of carbonyl (C=O) groups excluding carboxylic acids is 3. The van der Waals surface area contributed by atoms with E-state index in [4.69, 9.17) is 0 Å². The normalized spacial score (nSPS) is 25.5. The Hall–Kier alpha value is -2.25. The summed E-state index contributed by atoms with van der Waals surface area (Å²) >= 11 is 0. The van der Waals surface area contributed by atoms with E-state index < -0.39 is 6.04 Å². The molecule has 1 unspecified atom stereocenters. The third kappa shape index (κ3) is 3.37. The van der Waals surface area contributed by atoms with Crippen LogP contribution in [0.5, 0.6) is 0 Å². The summed E-state index contributed by atoms with van der Waals surface area (Å²) in [5.41, 5.74) is 2.82. The number of carbonyl (C=O) groups is 3. The first kappa shape index (κ1) is 18.1. The van der Waals surface area contributed by atoms with Gasteiger partial charge in [0.15, 0.2) is 0 Å². The number of imide groups is 1. The Morgan fingerprint density at radius 3 is 2.78 bits per heavy atom. The Bertz CT molecular complexity index is 804. The van der Waals surface area contributed by atoms with E-state index >= 15 is 0 Å². The Morgan fingerprint density at radius 2 is 2.04 bits per heavy atom. The molecule has 27 heavy (non-hydrogen) atoms. The summed E-state index contributed by atoms with van der Waals surface area (Å²) in [7, 11) is 0. The van der Waals surface area contributed by atoms with Crippen molar-refractivity contribution < 1.29 is 14.4 Å². The summed E-state index contributed by atoms with van der Waals surface area (Å²) in [4.78, 5) is 40.5. The van der Waals surface area contributed by atoms with Crippen molar-refractivity contribution in [3.63, 3.8) is 0 Å². The minimum Gasteiger partial charge on any atom is -0.322 e. The molecule has 144 valence electrons. The fourth-order valence-corrected chi connectivity index (χ4v) is 4.24. The molecule has 2 fully saturated rings. The van der Waals surface area contributed by atoms with Crippen molar-refractivity contribution in [1.29, 1.82) is 0 Å². The Kier molecular flexibility index (Phi) is 4.52. The van der Waals surface area contributed by atoms with E-state index in [-0.39, 0.29) is 29.7 Å². The molecule has 1 aromatic carbocycles. The highest BCUT2D eigenvalue weighted by Crippen LogP contribution is 2.29. The lowest BCUT2D eigenvalue weighted by Gasteiger charge is -2.43. The zero-order valence-corrected chi connectivity index (χ0v) is 15.9. The van der Waals surface area contributed by atoms with Gasteiger partial charge in [-0.3, -0.25) is 24.6 Å². The molecular weight excluding hydrogens is 344 g/mol. The van der Waals surface area contributed by atoms with Gasteiger partial charge < -0.3 is 10.2 Å². The van der Waals surface area contributed by atoms with Crippen LogP contribution in [0.2, 0.25) is 0 Å². The molecule has 2 N–H and O–H groups in total. The van der Waals surface area contributed by atoms with Gasteiger partial charge in [0.2, 0.25) is 11.8 Å². The lowest BCUT2D eigenvalue weighted by Crippen LogP contribution is -2.57. The highest BCUT2D eigenvalue weighted by Gasteiger charge is 2.39. The first-order chi connectivity index (χ1) is 12.8. The highest BCUT2D eigenvalue weighted by molar-refractivity contribution is 6.05. The van der Waals surface area contributed by atoms with Gasteiger partial charge in [-0.15, -0.1) is 0 Å². The smallest absolute Gasteiger partial charge is 0.255 e. The van der Waals surface area contributed by atoms with Crippen molar-refractivity contribution in [2.24, 2.45) is 0 Å². The van der Waals surface area contributed by atoms with E-state index in [2.05, 4.69) is 35.4 Å². The van der Waals surface area contributed by atoms with E-state index in [9.17, 15) is 14.4 Å². The number of piperazine rings is 1.